The minimum absolute atomic E-state index is 0.772. The van der Waals surface area contributed by atoms with E-state index in [0.717, 1.165) is 0 Å². The second-order valence-electron chi connectivity index (χ2n) is 16.8. The molecule has 6 saturated heterocycles. The number of rotatable bonds is 16. The Bertz CT molecular complexity index is 1500. The minimum atomic E-state index is -2.24. The molecule has 0 aromatic rings. The summed E-state index contributed by atoms with van der Waals surface area (Å²) in [4.78, 5) is 0. The lowest BCUT2D eigenvalue weighted by molar-refractivity contribution is -0.392. The highest BCUT2D eigenvalue weighted by Gasteiger charge is 2.56. The molecule has 31 heteroatoms. The summed E-state index contributed by atoms with van der Waals surface area (Å²) in [5, 5.41) is 209. The standard InChI is InChI=1S/C36H62O31/c37-1-7-13(41)16(44)23(51)32(60-7)57-5-11-15(43)18(46)25(53)34(63-11)66-29-10(4-40)62-35(26(54)20(29)48)67-30-12(6-58-33-24(52)17(45)14(42)8(2-38)61-33)64-36(27(55)21(30)49)65-28-9(3-39)59-31(56)22(50)19(28)47/h7-56H,1-6H2/t7-,8-,9-,10-,11-,12-,13+,14+,15-,16+,17+,18+,19-,20-,21-,22-,23-,24-,25+,26-,27+,28-,29-,30-,31?,32+,33+,34+,35+,36+/m1/s1. The molecule has 0 saturated carbocycles. The van der Waals surface area contributed by atoms with E-state index in [9.17, 15) is 102 Å². The SMILES string of the molecule is OC[C@H]1O[C@H](OC[C@H]2O[C@@H](O[C@H]3[C@H](O)[C@@H](O)[C@H](O[C@H]4[C@H](O)[C@H](O)[C@H](O[C@H]5[C@H](O)[C@@H](O)C(O)O[C@@H]5CO)O[C@@H]4CO[C@H]4O[C@H](CO)[C@H](O)[C@H](O)[C@H]4O)O[C@@H]3CO)[C@@H](O)[C@@H](O)[C@@H]2O)[C@H](O)[C@@H](O)[C@H]1O. The summed E-state index contributed by atoms with van der Waals surface area (Å²) in [6.45, 7) is -5.30. The van der Waals surface area contributed by atoms with Gasteiger partial charge in [0.05, 0.1) is 39.6 Å². The van der Waals surface area contributed by atoms with Gasteiger partial charge < -0.3 is 154 Å². The monoisotopic (exact) mass is 990 g/mol. The summed E-state index contributed by atoms with van der Waals surface area (Å²) in [7, 11) is 0. The van der Waals surface area contributed by atoms with Gasteiger partial charge in [0.2, 0.25) is 0 Å². The van der Waals surface area contributed by atoms with Crippen LogP contribution < -0.4 is 0 Å². The Kier molecular flexibility index (Phi) is 19.4. The van der Waals surface area contributed by atoms with Gasteiger partial charge in [0.15, 0.2) is 37.7 Å². The van der Waals surface area contributed by atoms with E-state index in [-0.39, 0.29) is 0 Å². The number of hydrogen-bond donors (Lipinski definition) is 20. The van der Waals surface area contributed by atoms with Crippen molar-refractivity contribution in [3.05, 3.63) is 0 Å². The predicted octanol–water partition coefficient (Wildman–Crippen LogP) is -14.1. The van der Waals surface area contributed by atoms with E-state index in [0.29, 0.717) is 0 Å². The average Bonchev–Trinajstić information content (AvgIpc) is 3.31. The average molecular weight is 991 g/mol. The van der Waals surface area contributed by atoms with Gasteiger partial charge >= 0.3 is 0 Å². The molecule has 0 spiro atoms. The maximum atomic E-state index is 11.5. The van der Waals surface area contributed by atoms with E-state index >= 15 is 0 Å². The summed E-state index contributed by atoms with van der Waals surface area (Å²) in [5.74, 6) is 0. The van der Waals surface area contributed by atoms with Gasteiger partial charge in [-0.05, 0) is 0 Å². The summed E-state index contributed by atoms with van der Waals surface area (Å²) >= 11 is 0. The quantitative estimate of drug-likeness (QED) is 0.0683. The fourth-order valence-electron chi connectivity index (χ4n) is 8.31. The van der Waals surface area contributed by atoms with E-state index in [2.05, 4.69) is 0 Å². The van der Waals surface area contributed by atoms with Crippen molar-refractivity contribution >= 4 is 0 Å². The van der Waals surface area contributed by atoms with Gasteiger partial charge in [-0.25, -0.2) is 0 Å². The van der Waals surface area contributed by atoms with Crippen molar-refractivity contribution in [1.29, 1.82) is 0 Å². The van der Waals surface area contributed by atoms with E-state index in [1.807, 2.05) is 0 Å². The lowest BCUT2D eigenvalue weighted by Crippen LogP contribution is -2.67. The first kappa shape index (κ1) is 55.1. The van der Waals surface area contributed by atoms with E-state index < -0.39 is 224 Å². The molecule has 1 unspecified atom stereocenters. The molecule has 6 rings (SSSR count). The van der Waals surface area contributed by atoms with Gasteiger partial charge in [-0.2, -0.15) is 0 Å². The lowest BCUT2D eigenvalue weighted by atomic mass is 9.95. The molecule has 6 aliphatic rings. The van der Waals surface area contributed by atoms with Crippen molar-refractivity contribution in [3.63, 3.8) is 0 Å². The van der Waals surface area contributed by atoms with Crippen molar-refractivity contribution in [2.45, 2.75) is 184 Å². The molecule has 6 fully saturated rings. The molecule has 0 bridgehead atoms. The van der Waals surface area contributed by atoms with E-state index in [1.54, 1.807) is 0 Å². The van der Waals surface area contributed by atoms with Gasteiger partial charge in [0, 0.05) is 0 Å². The molecular weight excluding hydrogens is 928 g/mol. The lowest BCUT2D eigenvalue weighted by Gasteiger charge is -2.49. The molecule has 0 aromatic heterocycles. The van der Waals surface area contributed by atoms with Crippen LogP contribution in [0.2, 0.25) is 0 Å². The third-order valence-corrected chi connectivity index (χ3v) is 12.4. The fraction of sp³-hybridized carbons (Fsp3) is 1.00. The maximum Gasteiger partial charge on any atom is 0.187 e. The Hall–Kier alpha value is -1.24. The number of aliphatic hydroxyl groups excluding tert-OH is 20. The second-order valence-corrected chi connectivity index (χ2v) is 16.8. The zero-order valence-corrected chi connectivity index (χ0v) is 35.0. The number of hydrogen-bond acceptors (Lipinski definition) is 31. The molecule has 6 aliphatic heterocycles. The molecule has 0 radical (unpaired) electrons. The summed E-state index contributed by atoms with van der Waals surface area (Å²) in [6, 6.07) is 0. The summed E-state index contributed by atoms with van der Waals surface area (Å²) in [6.07, 6.45) is -57.0. The maximum absolute atomic E-state index is 11.5. The van der Waals surface area contributed by atoms with Gasteiger partial charge in [-0.1, -0.05) is 0 Å². The Morgan fingerprint density at radius 2 is 0.537 bits per heavy atom. The Morgan fingerprint density at radius 1 is 0.254 bits per heavy atom. The van der Waals surface area contributed by atoms with Crippen LogP contribution in [0.5, 0.6) is 0 Å². The summed E-state index contributed by atoms with van der Waals surface area (Å²) < 4.78 is 60.8. The van der Waals surface area contributed by atoms with Crippen LogP contribution >= 0.6 is 0 Å². The third kappa shape index (κ3) is 11.5. The zero-order valence-electron chi connectivity index (χ0n) is 35.0. The topological polar surface area (TPSA) is 506 Å². The second kappa shape index (κ2) is 23.5. The third-order valence-electron chi connectivity index (χ3n) is 12.4. The van der Waals surface area contributed by atoms with Gasteiger partial charge in [-0.15, -0.1) is 0 Å². The minimum Gasteiger partial charge on any atom is -0.394 e. The Labute approximate surface area is 378 Å². The van der Waals surface area contributed by atoms with Crippen LogP contribution in [0.3, 0.4) is 0 Å². The first-order chi connectivity index (χ1) is 31.7. The smallest absolute Gasteiger partial charge is 0.187 e. The molecule has 31 nitrogen and oxygen atoms in total. The van der Waals surface area contributed by atoms with Crippen LogP contribution in [-0.4, -0.2) is 326 Å². The van der Waals surface area contributed by atoms with Gasteiger partial charge in [0.25, 0.3) is 0 Å². The predicted molar refractivity (Wildman–Crippen MR) is 199 cm³/mol. The van der Waals surface area contributed by atoms with Gasteiger partial charge in [-0.3, -0.25) is 0 Å². The van der Waals surface area contributed by atoms with Crippen molar-refractivity contribution in [2.75, 3.05) is 39.6 Å². The van der Waals surface area contributed by atoms with Crippen molar-refractivity contribution in [1.82, 2.24) is 0 Å². The largest absolute Gasteiger partial charge is 0.394 e. The Morgan fingerprint density at radius 3 is 0.955 bits per heavy atom. The van der Waals surface area contributed by atoms with Crippen LogP contribution in [0.15, 0.2) is 0 Å². The van der Waals surface area contributed by atoms with Crippen molar-refractivity contribution < 1.29 is 154 Å². The molecule has 30 atom stereocenters. The molecule has 67 heavy (non-hydrogen) atoms. The highest BCUT2D eigenvalue weighted by atomic mass is 16.8. The first-order valence-electron chi connectivity index (χ1n) is 21.1. The zero-order chi connectivity index (χ0) is 49.3. The van der Waals surface area contributed by atoms with Crippen LogP contribution in [0.25, 0.3) is 0 Å². The normalized spacial score (nSPS) is 53.4. The molecule has 392 valence electrons. The van der Waals surface area contributed by atoms with Crippen LogP contribution in [0, 0.1) is 0 Å². The molecule has 0 aliphatic carbocycles. The van der Waals surface area contributed by atoms with Crippen molar-refractivity contribution in [2.24, 2.45) is 0 Å². The first-order valence-corrected chi connectivity index (χ1v) is 21.1. The fourth-order valence-corrected chi connectivity index (χ4v) is 8.31. The molecule has 6 heterocycles. The number of ether oxygens (including phenoxy) is 11. The summed E-state index contributed by atoms with van der Waals surface area (Å²) in [5.41, 5.74) is 0. The van der Waals surface area contributed by atoms with Crippen LogP contribution in [0.1, 0.15) is 0 Å². The van der Waals surface area contributed by atoms with E-state index in [1.165, 1.54) is 0 Å². The molecule has 0 amide bonds. The molecular formula is C36H62O31. The Balaban J connectivity index is 1.16. The molecule has 0 aromatic carbocycles. The van der Waals surface area contributed by atoms with E-state index in [4.69, 9.17) is 52.1 Å². The van der Waals surface area contributed by atoms with Crippen LogP contribution in [-0.2, 0) is 52.1 Å². The number of aliphatic hydroxyl groups is 20. The molecule has 20 N–H and O–H groups in total. The van der Waals surface area contributed by atoms with Crippen LogP contribution in [0.4, 0.5) is 0 Å². The highest BCUT2D eigenvalue weighted by Crippen LogP contribution is 2.35. The highest BCUT2D eigenvalue weighted by molar-refractivity contribution is 4.99. The van der Waals surface area contributed by atoms with Gasteiger partial charge in [0.1, 0.15) is 146 Å². The van der Waals surface area contributed by atoms with Crippen molar-refractivity contribution in [3.8, 4) is 0 Å².